The highest BCUT2D eigenvalue weighted by atomic mass is 16.3. The van der Waals surface area contributed by atoms with Crippen LogP contribution in [0.25, 0.3) is 0 Å². The summed E-state index contributed by atoms with van der Waals surface area (Å²) in [5.41, 5.74) is 0.817. The fourth-order valence-electron chi connectivity index (χ4n) is 1.71. The number of amides is 2. The molecule has 86 valence electrons. The van der Waals surface area contributed by atoms with Gasteiger partial charge in [-0.05, 0) is 19.4 Å². The van der Waals surface area contributed by atoms with Crippen LogP contribution in [0.4, 0.5) is 0 Å². The van der Waals surface area contributed by atoms with E-state index >= 15 is 0 Å². The van der Waals surface area contributed by atoms with Crippen molar-refractivity contribution in [1.29, 1.82) is 0 Å². The van der Waals surface area contributed by atoms with Gasteiger partial charge in [0.25, 0.3) is 5.91 Å². The molecule has 2 N–H and O–H groups in total. The first-order valence-corrected chi connectivity index (χ1v) is 5.28. The molecule has 2 heterocycles. The van der Waals surface area contributed by atoms with E-state index in [1.54, 1.807) is 6.07 Å². The van der Waals surface area contributed by atoms with Crippen LogP contribution in [-0.2, 0) is 4.79 Å². The summed E-state index contributed by atoms with van der Waals surface area (Å²) in [6.07, 6.45) is 2.63. The summed E-state index contributed by atoms with van der Waals surface area (Å²) in [5, 5.41) is 5.55. The molecule has 1 aromatic rings. The largest absolute Gasteiger partial charge is 0.459 e. The summed E-state index contributed by atoms with van der Waals surface area (Å²) in [6, 6.07) is 1.74. The molecule has 0 saturated carbocycles. The van der Waals surface area contributed by atoms with Gasteiger partial charge in [-0.25, -0.2) is 0 Å². The molecule has 1 atom stereocenters. The minimum atomic E-state index is -0.219. The molecule has 1 aromatic heterocycles. The van der Waals surface area contributed by atoms with E-state index in [1.807, 2.05) is 6.92 Å². The van der Waals surface area contributed by atoms with Gasteiger partial charge in [0.1, 0.15) is 0 Å². The molecular formula is C11H14N2O3. The molecular weight excluding hydrogens is 208 g/mol. The molecule has 0 spiro atoms. The van der Waals surface area contributed by atoms with Gasteiger partial charge in [-0.2, -0.15) is 0 Å². The summed E-state index contributed by atoms with van der Waals surface area (Å²) in [6.45, 7) is 2.31. The molecule has 0 aliphatic carbocycles. The van der Waals surface area contributed by atoms with E-state index in [0.29, 0.717) is 25.1 Å². The molecule has 2 rings (SSSR count). The van der Waals surface area contributed by atoms with Crippen molar-refractivity contribution in [2.45, 2.75) is 25.8 Å². The van der Waals surface area contributed by atoms with Crippen LogP contribution >= 0.6 is 0 Å². The number of aryl methyl sites for hydroxylation is 1. The third kappa shape index (κ3) is 2.24. The Morgan fingerprint density at radius 2 is 2.44 bits per heavy atom. The smallest absolute Gasteiger partial charge is 0.287 e. The molecule has 1 saturated heterocycles. The number of furan rings is 1. The highest BCUT2D eigenvalue weighted by molar-refractivity contribution is 5.93. The average Bonchev–Trinajstić information content (AvgIpc) is 2.68. The first-order valence-electron chi connectivity index (χ1n) is 5.28. The first-order chi connectivity index (χ1) is 7.66. The number of nitrogens with one attached hydrogen (secondary N) is 2. The van der Waals surface area contributed by atoms with Crippen LogP contribution in [-0.4, -0.2) is 24.4 Å². The maximum Gasteiger partial charge on any atom is 0.287 e. The maximum atomic E-state index is 11.8. The summed E-state index contributed by atoms with van der Waals surface area (Å²) >= 11 is 0. The number of hydrogen-bond acceptors (Lipinski definition) is 3. The van der Waals surface area contributed by atoms with Crippen LogP contribution in [0.5, 0.6) is 0 Å². The molecule has 0 bridgehead atoms. The summed E-state index contributed by atoms with van der Waals surface area (Å²) in [4.78, 5) is 22.7. The van der Waals surface area contributed by atoms with Gasteiger partial charge in [-0.1, -0.05) is 0 Å². The molecule has 1 unspecified atom stereocenters. The Labute approximate surface area is 93.2 Å². The van der Waals surface area contributed by atoms with Crippen LogP contribution in [0.15, 0.2) is 16.7 Å². The Kier molecular flexibility index (Phi) is 2.94. The molecule has 1 fully saturated rings. The van der Waals surface area contributed by atoms with E-state index in [-0.39, 0.29) is 17.9 Å². The van der Waals surface area contributed by atoms with Crippen LogP contribution < -0.4 is 10.6 Å². The minimum Gasteiger partial charge on any atom is -0.459 e. The number of hydrogen-bond donors (Lipinski definition) is 2. The summed E-state index contributed by atoms with van der Waals surface area (Å²) in [5.74, 6) is 0.167. The Balaban J connectivity index is 1.93. The lowest BCUT2D eigenvalue weighted by Crippen LogP contribution is -2.47. The normalized spacial score (nSPS) is 20.3. The highest BCUT2D eigenvalue weighted by Gasteiger charge is 2.21. The third-order valence-electron chi connectivity index (χ3n) is 2.67. The Morgan fingerprint density at radius 1 is 1.62 bits per heavy atom. The third-order valence-corrected chi connectivity index (χ3v) is 2.67. The second-order valence-electron chi connectivity index (χ2n) is 3.95. The lowest BCUT2D eigenvalue weighted by atomic mass is 10.1. The molecule has 0 radical (unpaired) electrons. The topological polar surface area (TPSA) is 71.3 Å². The van der Waals surface area contributed by atoms with Crippen LogP contribution in [0.3, 0.4) is 0 Å². The van der Waals surface area contributed by atoms with Gasteiger partial charge in [0, 0.05) is 24.6 Å². The molecule has 2 amide bonds. The van der Waals surface area contributed by atoms with Gasteiger partial charge in [0.05, 0.1) is 6.26 Å². The molecule has 5 heteroatoms. The van der Waals surface area contributed by atoms with Crippen molar-refractivity contribution >= 4 is 11.8 Å². The highest BCUT2D eigenvalue weighted by Crippen LogP contribution is 2.10. The molecule has 16 heavy (non-hydrogen) atoms. The van der Waals surface area contributed by atoms with E-state index < -0.39 is 0 Å². The van der Waals surface area contributed by atoms with Crippen molar-refractivity contribution < 1.29 is 14.0 Å². The lowest BCUT2D eigenvalue weighted by Gasteiger charge is -2.23. The van der Waals surface area contributed by atoms with Gasteiger partial charge in [-0.15, -0.1) is 0 Å². The zero-order chi connectivity index (χ0) is 11.5. The Morgan fingerprint density at radius 3 is 3.00 bits per heavy atom. The van der Waals surface area contributed by atoms with Crippen molar-refractivity contribution in [1.82, 2.24) is 10.6 Å². The molecule has 1 aliphatic heterocycles. The fraction of sp³-hybridized carbons (Fsp3) is 0.455. The number of piperidine rings is 1. The molecule has 5 nitrogen and oxygen atoms in total. The second-order valence-corrected chi connectivity index (χ2v) is 3.95. The van der Waals surface area contributed by atoms with Crippen molar-refractivity contribution in [3.63, 3.8) is 0 Å². The van der Waals surface area contributed by atoms with Gasteiger partial charge in [0.2, 0.25) is 5.91 Å². The van der Waals surface area contributed by atoms with Crippen LogP contribution in [0.1, 0.15) is 29.0 Å². The average molecular weight is 222 g/mol. The van der Waals surface area contributed by atoms with Gasteiger partial charge in [-0.3, -0.25) is 9.59 Å². The van der Waals surface area contributed by atoms with Crippen LogP contribution in [0.2, 0.25) is 0 Å². The van der Waals surface area contributed by atoms with E-state index in [1.165, 1.54) is 6.26 Å². The van der Waals surface area contributed by atoms with E-state index in [9.17, 15) is 9.59 Å². The zero-order valence-electron chi connectivity index (χ0n) is 9.08. The van der Waals surface area contributed by atoms with Crippen molar-refractivity contribution in [2.24, 2.45) is 0 Å². The van der Waals surface area contributed by atoms with Gasteiger partial charge >= 0.3 is 0 Å². The second kappa shape index (κ2) is 4.38. The number of carbonyl (C=O) groups is 2. The molecule has 0 aromatic carbocycles. The van der Waals surface area contributed by atoms with E-state index in [0.717, 1.165) is 5.56 Å². The predicted octanol–water partition coefficient (Wildman–Crippen LogP) is 0.596. The number of carbonyl (C=O) groups excluding carboxylic acids is 2. The first kappa shape index (κ1) is 10.7. The number of rotatable bonds is 2. The monoisotopic (exact) mass is 222 g/mol. The Hall–Kier alpha value is -1.78. The quantitative estimate of drug-likeness (QED) is 0.769. The van der Waals surface area contributed by atoms with Crippen molar-refractivity contribution in [2.75, 3.05) is 6.54 Å². The van der Waals surface area contributed by atoms with Gasteiger partial charge < -0.3 is 15.1 Å². The minimum absolute atomic E-state index is 0.00491. The fourth-order valence-corrected chi connectivity index (χ4v) is 1.71. The SMILES string of the molecule is Cc1ccoc1C(=O)NC1CCC(=O)NC1. The van der Waals surface area contributed by atoms with E-state index in [2.05, 4.69) is 10.6 Å². The lowest BCUT2D eigenvalue weighted by molar-refractivity contribution is -0.122. The van der Waals surface area contributed by atoms with Gasteiger partial charge in [0.15, 0.2) is 5.76 Å². The standard InChI is InChI=1S/C11H14N2O3/c1-7-4-5-16-10(7)11(15)13-8-2-3-9(14)12-6-8/h4-5,8H,2-3,6H2,1H3,(H,12,14)(H,13,15). The summed E-state index contributed by atoms with van der Waals surface area (Å²) < 4.78 is 5.09. The predicted molar refractivity (Wildman–Crippen MR) is 56.9 cm³/mol. The Bertz CT molecular complexity index is 401. The summed E-state index contributed by atoms with van der Waals surface area (Å²) in [7, 11) is 0. The van der Waals surface area contributed by atoms with Crippen LogP contribution in [0, 0.1) is 6.92 Å². The van der Waals surface area contributed by atoms with Crippen molar-refractivity contribution in [3.05, 3.63) is 23.7 Å². The zero-order valence-corrected chi connectivity index (χ0v) is 9.08. The van der Waals surface area contributed by atoms with E-state index in [4.69, 9.17) is 4.42 Å². The van der Waals surface area contributed by atoms with Crippen molar-refractivity contribution in [3.8, 4) is 0 Å². The maximum absolute atomic E-state index is 11.8. The molecule has 1 aliphatic rings.